The number of nitrogens with one attached hydrogen (secondary N) is 2. The summed E-state index contributed by atoms with van der Waals surface area (Å²) >= 11 is 0. The number of carbonyl (C=O) groups is 1. The summed E-state index contributed by atoms with van der Waals surface area (Å²) in [6, 6.07) is 11.5. The highest BCUT2D eigenvalue weighted by atomic mass is 16.5. The van der Waals surface area contributed by atoms with Crippen molar-refractivity contribution in [2.75, 3.05) is 25.6 Å². The average molecular weight is 327 g/mol. The molecule has 126 valence electrons. The highest BCUT2D eigenvalue weighted by Gasteiger charge is 2.21. The standard InChI is InChI=1S/C18H21N3O3/c1-23-15-5-7-16(8-6-15)24-11-10-19-18(22)13-2-9-17(20-12-13)21-14-3-4-14/h2,5-9,12,14H,3-4,10-11H2,1H3,(H,19,22)(H,20,21). The fraction of sp³-hybridized carbons (Fsp3) is 0.333. The first-order valence-corrected chi connectivity index (χ1v) is 8.02. The van der Waals surface area contributed by atoms with Crippen LogP contribution in [-0.2, 0) is 0 Å². The van der Waals surface area contributed by atoms with Crippen LogP contribution in [0.1, 0.15) is 23.2 Å². The minimum absolute atomic E-state index is 0.154. The molecule has 2 aromatic rings. The van der Waals surface area contributed by atoms with E-state index in [1.807, 2.05) is 30.3 Å². The van der Waals surface area contributed by atoms with Gasteiger partial charge in [0.1, 0.15) is 23.9 Å². The number of rotatable bonds is 8. The molecule has 0 radical (unpaired) electrons. The lowest BCUT2D eigenvalue weighted by Crippen LogP contribution is -2.28. The normalized spacial score (nSPS) is 13.2. The molecule has 0 aliphatic heterocycles. The van der Waals surface area contributed by atoms with Gasteiger partial charge in [-0.25, -0.2) is 4.98 Å². The van der Waals surface area contributed by atoms with E-state index in [-0.39, 0.29) is 5.91 Å². The van der Waals surface area contributed by atoms with Crippen molar-refractivity contribution >= 4 is 11.7 Å². The van der Waals surface area contributed by atoms with E-state index in [0.717, 1.165) is 17.3 Å². The van der Waals surface area contributed by atoms with Crippen molar-refractivity contribution < 1.29 is 14.3 Å². The molecular weight excluding hydrogens is 306 g/mol. The van der Waals surface area contributed by atoms with Gasteiger partial charge in [-0.1, -0.05) is 0 Å². The number of anilines is 1. The number of benzene rings is 1. The molecule has 1 aliphatic rings. The zero-order valence-corrected chi connectivity index (χ0v) is 13.6. The molecule has 1 heterocycles. The van der Waals surface area contributed by atoms with Crippen LogP contribution in [0.2, 0.25) is 0 Å². The number of ether oxygens (including phenoxy) is 2. The van der Waals surface area contributed by atoms with Gasteiger partial charge in [-0.3, -0.25) is 4.79 Å². The van der Waals surface area contributed by atoms with Crippen LogP contribution in [0.15, 0.2) is 42.6 Å². The molecule has 1 saturated carbocycles. The molecule has 1 fully saturated rings. The zero-order chi connectivity index (χ0) is 16.8. The molecule has 6 nitrogen and oxygen atoms in total. The highest BCUT2D eigenvalue weighted by Crippen LogP contribution is 2.23. The number of hydrogen-bond donors (Lipinski definition) is 2. The second kappa shape index (κ2) is 7.68. The predicted octanol–water partition coefficient (Wildman–Crippen LogP) is 2.47. The number of amides is 1. The van der Waals surface area contributed by atoms with Crippen molar-refractivity contribution in [1.82, 2.24) is 10.3 Å². The van der Waals surface area contributed by atoms with Crippen molar-refractivity contribution in [1.29, 1.82) is 0 Å². The summed E-state index contributed by atoms with van der Waals surface area (Å²) in [6.45, 7) is 0.819. The molecule has 2 N–H and O–H groups in total. The van der Waals surface area contributed by atoms with Gasteiger partial charge in [-0.15, -0.1) is 0 Å². The maximum atomic E-state index is 12.0. The monoisotopic (exact) mass is 327 g/mol. The molecule has 6 heteroatoms. The molecule has 24 heavy (non-hydrogen) atoms. The van der Waals surface area contributed by atoms with Crippen LogP contribution in [0, 0.1) is 0 Å². The summed E-state index contributed by atoms with van der Waals surface area (Å²) in [7, 11) is 1.62. The summed E-state index contributed by atoms with van der Waals surface area (Å²) in [5.74, 6) is 2.18. The fourth-order valence-corrected chi connectivity index (χ4v) is 2.16. The molecule has 3 rings (SSSR count). The average Bonchev–Trinajstić information content (AvgIpc) is 3.44. The topological polar surface area (TPSA) is 72.5 Å². The van der Waals surface area contributed by atoms with E-state index >= 15 is 0 Å². The summed E-state index contributed by atoms with van der Waals surface area (Å²) < 4.78 is 10.7. The molecule has 0 saturated heterocycles. The number of aromatic nitrogens is 1. The van der Waals surface area contributed by atoms with Crippen molar-refractivity contribution in [2.24, 2.45) is 0 Å². The van der Waals surface area contributed by atoms with Crippen molar-refractivity contribution in [3.63, 3.8) is 0 Å². The number of carbonyl (C=O) groups excluding carboxylic acids is 1. The maximum Gasteiger partial charge on any atom is 0.252 e. The molecule has 1 aromatic heterocycles. The molecule has 1 amide bonds. The van der Waals surface area contributed by atoms with Gasteiger partial charge in [0.15, 0.2) is 0 Å². The van der Waals surface area contributed by atoms with Gasteiger partial charge >= 0.3 is 0 Å². The lowest BCUT2D eigenvalue weighted by atomic mass is 10.2. The number of methoxy groups -OCH3 is 1. The van der Waals surface area contributed by atoms with Crippen LogP contribution in [0.5, 0.6) is 11.5 Å². The van der Waals surface area contributed by atoms with Gasteiger partial charge in [-0.2, -0.15) is 0 Å². The Labute approximate surface area is 141 Å². The Morgan fingerprint density at radius 1 is 1.17 bits per heavy atom. The summed E-state index contributed by atoms with van der Waals surface area (Å²) in [4.78, 5) is 16.3. The summed E-state index contributed by atoms with van der Waals surface area (Å²) in [6.07, 6.45) is 3.97. The van der Waals surface area contributed by atoms with Crippen molar-refractivity contribution in [2.45, 2.75) is 18.9 Å². The molecule has 1 aliphatic carbocycles. The van der Waals surface area contributed by atoms with Crippen LogP contribution in [0.25, 0.3) is 0 Å². The van der Waals surface area contributed by atoms with Gasteiger partial charge in [0.05, 0.1) is 19.2 Å². The lowest BCUT2D eigenvalue weighted by molar-refractivity contribution is 0.0946. The zero-order valence-electron chi connectivity index (χ0n) is 13.6. The molecule has 0 atom stereocenters. The Morgan fingerprint density at radius 3 is 2.54 bits per heavy atom. The highest BCUT2D eigenvalue weighted by molar-refractivity contribution is 5.94. The molecule has 0 unspecified atom stereocenters. The van der Waals surface area contributed by atoms with Gasteiger partial charge in [0.25, 0.3) is 5.91 Å². The second-order valence-corrected chi connectivity index (χ2v) is 5.63. The number of hydrogen-bond acceptors (Lipinski definition) is 5. The van der Waals surface area contributed by atoms with Gasteiger partial charge in [0.2, 0.25) is 0 Å². The third kappa shape index (κ3) is 4.62. The Kier molecular flexibility index (Phi) is 5.15. The van der Waals surface area contributed by atoms with Crippen LogP contribution in [0.3, 0.4) is 0 Å². The first kappa shape index (κ1) is 16.1. The molecular formula is C18H21N3O3. The SMILES string of the molecule is COc1ccc(OCCNC(=O)c2ccc(NC3CC3)nc2)cc1. The minimum Gasteiger partial charge on any atom is -0.497 e. The van der Waals surface area contributed by atoms with Crippen LogP contribution >= 0.6 is 0 Å². The van der Waals surface area contributed by atoms with Gasteiger partial charge < -0.3 is 20.1 Å². The Balaban J connectivity index is 1.39. The van der Waals surface area contributed by atoms with E-state index in [1.165, 1.54) is 12.8 Å². The summed E-state index contributed by atoms with van der Waals surface area (Å²) in [5, 5.41) is 6.10. The van der Waals surface area contributed by atoms with E-state index in [1.54, 1.807) is 19.4 Å². The van der Waals surface area contributed by atoms with Crippen molar-refractivity contribution in [3.8, 4) is 11.5 Å². The summed E-state index contributed by atoms with van der Waals surface area (Å²) in [5.41, 5.74) is 0.542. The first-order chi connectivity index (χ1) is 11.7. The molecule has 1 aromatic carbocycles. The smallest absolute Gasteiger partial charge is 0.252 e. The fourth-order valence-electron chi connectivity index (χ4n) is 2.16. The Morgan fingerprint density at radius 2 is 1.92 bits per heavy atom. The Hall–Kier alpha value is -2.76. The van der Waals surface area contributed by atoms with E-state index in [9.17, 15) is 4.79 Å². The minimum atomic E-state index is -0.154. The van der Waals surface area contributed by atoms with Gasteiger partial charge in [-0.05, 0) is 49.2 Å². The second-order valence-electron chi connectivity index (χ2n) is 5.63. The van der Waals surface area contributed by atoms with Crippen molar-refractivity contribution in [3.05, 3.63) is 48.2 Å². The quantitative estimate of drug-likeness (QED) is 0.729. The Bertz CT molecular complexity index is 667. The van der Waals surface area contributed by atoms with E-state index < -0.39 is 0 Å². The first-order valence-electron chi connectivity index (χ1n) is 8.02. The van der Waals surface area contributed by atoms with Crippen LogP contribution < -0.4 is 20.1 Å². The molecule has 0 bridgehead atoms. The van der Waals surface area contributed by atoms with E-state index in [4.69, 9.17) is 9.47 Å². The molecule has 0 spiro atoms. The van der Waals surface area contributed by atoms with E-state index in [2.05, 4.69) is 15.6 Å². The number of pyridine rings is 1. The third-order valence-corrected chi connectivity index (χ3v) is 3.67. The van der Waals surface area contributed by atoms with E-state index in [0.29, 0.717) is 24.8 Å². The number of nitrogens with zero attached hydrogens (tertiary/aromatic N) is 1. The predicted molar refractivity (Wildman–Crippen MR) is 91.7 cm³/mol. The van der Waals surface area contributed by atoms with Gasteiger partial charge in [0, 0.05) is 12.2 Å². The third-order valence-electron chi connectivity index (χ3n) is 3.67. The largest absolute Gasteiger partial charge is 0.497 e. The maximum absolute atomic E-state index is 12.0. The van der Waals surface area contributed by atoms with Crippen LogP contribution in [-0.4, -0.2) is 37.2 Å². The van der Waals surface area contributed by atoms with Crippen LogP contribution in [0.4, 0.5) is 5.82 Å². The lowest BCUT2D eigenvalue weighted by Gasteiger charge is -2.09.